The fraction of sp³-hybridized carbons (Fsp3) is 0.343. The molecule has 0 saturated carbocycles. The number of amides is 13. The Labute approximate surface area is 564 Å². The maximum atomic E-state index is 14.4. The van der Waals surface area contributed by atoms with E-state index in [9.17, 15) is 57.5 Å². The molecule has 10 rings (SSSR count). The van der Waals surface area contributed by atoms with Crippen molar-refractivity contribution in [3.8, 4) is 11.4 Å². The summed E-state index contributed by atoms with van der Waals surface area (Å²) in [5.74, 6) is -5.17. The van der Waals surface area contributed by atoms with Crippen molar-refractivity contribution in [3.63, 3.8) is 0 Å². The Kier molecular flexibility index (Phi) is 22.3. The van der Waals surface area contributed by atoms with Crippen LogP contribution in [0.2, 0.25) is 0 Å². The molecular weight excluding hydrogens is 1260 g/mol. The van der Waals surface area contributed by atoms with Gasteiger partial charge in [0, 0.05) is 146 Å². The maximum Gasteiger partial charge on any atom is 0.410 e. The van der Waals surface area contributed by atoms with Crippen LogP contribution in [-0.2, 0) is 40.1 Å². The fourth-order valence-corrected chi connectivity index (χ4v) is 12.2. The summed E-state index contributed by atoms with van der Waals surface area (Å²) in [5.41, 5.74) is 9.05. The summed E-state index contributed by atoms with van der Waals surface area (Å²) < 4.78 is 9.25. The highest BCUT2D eigenvalue weighted by atomic mass is 16.6. The van der Waals surface area contributed by atoms with Gasteiger partial charge >= 0.3 is 12.1 Å². The lowest BCUT2D eigenvalue weighted by Gasteiger charge is -2.32. The first-order valence-electron chi connectivity index (χ1n) is 32.4. The van der Waals surface area contributed by atoms with Crippen molar-refractivity contribution in [2.75, 3.05) is 78.3 Å². The monoisotopic (exact) mass is 1340 g/mol. The molecule has 2 unspecified atom stereocenters. The standard InChI is InChI=1S/C70H77N15O13/c1-44(2)62(77-56(86)17-6-5-7-33-83-57(87)26-27-58(83)88)64(91)76-53(16-10-28-74-69(71)96)63(90)75-46-20-18-45(19-21-46)41-98-70(97)79(4)40-59(89)80(37-39-85-66(93)50-15-9-13-48-55(82-35-30-73-43-82)25-23-52(61(48)50)68(85)95)32-11-31-78(3)36-38-84-65(92)49-14-8-12-47-54(81-34-29-72-42-81)24-22-51(60(47)49)67(84)94/h8-9,12-15,18-27,29-30,34-35,42-44,53,62H,5-7,10-11,16-17,28,31-33,36-41H2,1-4H3,(H,75,90)(H,76,91)(H,77,86)(H3,71,74,96). The van der Waals surface area contributed by atoms with Crippen LogP contribution in [0.5, 0.6) is 0 Å². The zero-order valence-electron chi connectivity index (χ0n) is 54.8. The van der Waals surface area contributed by atoms with Crippen molar-refractivity contribution >= 4 is 98.4 Å². The number of nitrogens with two attached hydrogens (primary N) is 1. The Morgan fingerprint density at radius 3 is 1.71 bits per heavy atom. The van der Waals surface area contributed by atoms with Crippen LogP contribution < -0.4 is 27.0 Å². The third-order valence-electron chi connectivity index (χ3n) is 17.4. The number of urea groups is 1. The molecule has 7 aromatic rings. The van der Waals surface area contributed by atoms with Crippen molar-refractivity contribution < 1.29 is 62.3 Å². The van der Waals surface area contributed by atoms with Crippen molar-refractivity contribution in [2.45, 2.75) is 77.5 Å². The molecule has 3 aliphatic heterocycles. The smallest absolute Gasteiger partial charge is 0.410 e. The van der Waals surface area contributed by atoms with E-state index in [-0.39, 0.29) is 82.9 Å². The lowest BCUT2D eigenvalue weighted by atomic mass is 9.93. The molecule has 0 bridgehead atoms. The third kappa shape index (κ3) is 16.1. The predicted octanol–water partition coefficient (Wildman–Crippen LogP) is 5.17. The van der Waals surface area contributed by atoms with E-state index < -0.39 is 78.0 Å². The number of carbonyl (C=O) groups is 12. The highest BCUT2D eigenvalue weighted by molar-refractivity contribution is 6.27. The van der Waals surface area contributed by atoms with Crippen LogP contribution in [0.1, 0.15) is 106 Å². The van der Waals surface area contributed by atoms with Crippen molar-refractivity contribution in [1.82, 2.24) is 64.5 Å². The minimum atomic E-state index is -1.13. The number of likely N-dealkylation sites (N-methyl/N-ethyl adjacent to an activating group) is 2. The molecule has 0 fully saturated rings. The molecular formula is C70H77N15O13. The molecule has 3 aliphatic rings. The van der Waals surface area contributed by atoms with Gasteiger partial charge in [0.05, 0.1) is 24.0 Å². The summed E-state index contributed by atoms with van der Waals surface area (Å²) in [6.45, 7) is 3.73. The number of carbonyl (C=O) groups excluding carboxylic acids is 12. The number of unbranched alkanes of at least 4 members (excludes halogenated alkanes) is 2. The SMILES string of the molecule is CC(C)C(NC(=O)CCCCCN1C(=O)C=CC1=O)C(=O)NC(CCCNC(N)=O)C(=O)Nc1ccc(COC(=O)N(C)CC(=O)N(CCCN(C)CCN2C(=O)c3cccc4c(-n5ccnc5)ccc(c34)C2=O)CCN2C(=O)c3cccc4c(-n5ccnc5)ccc(c34)C2=O)cc1. The van der Waals surface area contributed by atoms with Gasteiger partial charge in [-0.05, 0) is 106 Å². The number of aromatic nitrogens is 4. The van der Waals surface area contributed by atoms with Gasteiger partial charge < -0.3 is 55.6 Å². The molecule has 0 spiro atoms. The molecule has 5 heterocycles. The average molecular weight is 1340 g/mol. The lowest BCUT2D eigenvalue weighted by molar-refractivity contribution is -0.137. The quantitative estimate of drug-likeness (QED) is 0.0268. The van der Waals surface area contributed by atoms with E-state index in [1.165, 1.54) is 29.0 Å². The summed E-state index contributed by atoms with van der Waals surface area (Å²) in [6.07, 6.45) is 13.9. The van der Waals surface area contributed by atoms with Gasteiger partial charge in [-0.1, -0.05) is 56.7 Å². The number of primary amides is 1. The zero-order valence-corrected chi connectivity index (χ0v) is 54.8. The summed E-state index contributed by atoms with van der Waals surface area (Å²) in [5, 5.41) is 13.3. The minimum absolute atomic E-state index is 0.0737. The van der Waals surface area contributed by atoms with Crippen molar-refractivity contribution in [1.29, 1.82) is 0 Å². The van der Waals surface area contributed by atoms with Gasteiger partial charge in [0.25, 0.3) is 35.4 Å². The molecule has 28 nitrogen and oxygen atoms in total. The van der Waals surface area contributed by atoms with Crippen LogP contribution in [0.25, 0.3) is 32.9 Å². The van der Waals surface area contributed by atoms with Gasteiger partial charge in [0.1, 0.15) is 25.2 Å². The Bertz CT molecular complexity index is 4190. The first-order chi connectivity index (χ1) is 47.2. The molecule has 5 aromatic carbocycles. The van der Waals surface area contributed by atoms with Crippen LogP contribution in [-0.4, -0.2) is 205 Å². The Morgan fingerprint density at radius 2 is 1.16 bits per heavy atom. The molecule has 0 saturated heterocycles. The minimum Gasteiger partial charge on any atom is -0.445 e. The molecule has 2 atom stereocenters. The van der Waals surface area contributed by atoms with Crippen molar-refractivity contribution in [2.24, 2.45) is 11.7 Å². The second-order valence-corrected chi connectivity index (χ2v) is 24.6. The number of hydrogen-bond donors (Lipinski definition) is 5. The van der Waals surface area contributed by atoms with E-state index >= 15 is 0 Å². The number of anilines is 1. The van der Waals surface area contributed by atoms with Gasteiger partial charge in [0.2, 0.25) is 23.6 Å². The number of nitrogens with one attached hydrogen (secondary N) is 4. The van der Waals surface area contributed by atoms with E-state index in [2.05, 4.69) is 31.2 Å². The summed E-state index contributed by atoms with van der Waals surface area (Å²) in [4.78, 5) is 177. The molecule has 0 radical (unpaired) electrons. The van der Waals surface area contributed by atoms with Gasteiger partial charge in [-0.3, -0.25) is 62.6 Å². The van der Waals surface area contributed by atoms with Gasteiger partial charge in [-0.25, -0.2) is 19.6 Å². The highest BCUT2D eigenvalue weighted by Gasteiger charge is 2.37. The zero-order chi connectivity index (χ0) is 69.7. The number of benzene rings is 5. The molecule has 98 heavy (non-hydrogen) atoms. The third-order valence-corrected chi connectivity index (χ3v) is 17.4. The Morgan fingerprint density at radius 1 is 0.592 bits per heavy atom. The summed E-state index contributed by atoms with van der Waals surface area (Å²) in [6, 6.07) is 21.0. The molecule has 510 valence electrons. The van der Waals surface area contributed by atoms with E-state index in [4.69, 9.17) is 10.5 Å². The predicted molar refractivity (Wildman–Crippen MR) is 359 cm³/mol. The molecule has 2 aromatic heterocycles. The number of nitrogens with zero attached hydrogens (tertiary/aromatic N) is 10. The van der Waals surface area contributed by atoms with Crippen LogP contribution >= 0.6 is 0 Å². The Hall–Kier alpha value is -11.4. The molecule has 6 N–H and O–H groups in total. The normalized spacial score (nSPS) is 14.0. The second-order valence-electron chi connectivity index (χ2n) is 24.6. The second kappa shape index (κ2) is 31.4. The van der Waals surface area contributed by atoms with Crippen molar-refractivity contribution in [3.05, 3.63) is 162 Å². The average Bonchev–Trinajstić information content (AvgIpc) is 1.12. The van der Waals surface area contributed by atoms with Crippen LogP contribution in [0.4, 0.5) is 15.3 Å². The number of ether oxygens (including phenoxy) is 1. The molecule has 28 heteroatoms. The van der Waals surface area contributed by atoms with Gasteiger partial charge in [-0.15, -0.1) is 0 Å². The summed E-state index contributed by atoms with van der Waals surface area (Å²) in [7, 11) is 3.22. The number of imide groups is 3. The van der Waals surface area contributed by atoms with E-state index in [0.717, 1.165) is 31.5 Å². The number of imidazole rings is 2. The summed E-state index contributed by atoms with van der Waals surface area (Å²) >= 11 is 0. The van der Waals surface area contributed by atoms with Crippen LogP contribution in [0, 0.1) is 5.92 Å². The Balaban J connectivity index is 0.744. The largest absolute Gasteiger partial charge is 0.445 e. The van der Waals surface area contributed by atoms with E-state index in [0.29, 0.717) is 88.4 Å². The fourth-order valence-electron chi connectivity index (χ4n) is 12.2. The topological polar surface area (TPSA) is 343 Å². The highest BCUT2D eigenvalue weighted by Crippen LogP contribution is 2.36. The number of rotatable bonds is 32. The number of hydrogen-bond acceptors (Lipinski definition) is 16. The lowest BCUT2D eigenvalue weighted by Crippen LogP contribution is -2.54. The van der Waals surface area contributed by atoms with Crippen LogP contribution in [0.15, 0.2) is 135 Å². The maximum absolute atomic E-state index is 14.4. The van der Waals surface area contributed by atoms with Gasteiger partial charge in [0.15, 0.2) is 0 Å². The van der Waals surface area contributed by atoms with Gasteiger partial charge in [-0.2, -0.15) is 0 Å². The molecule has 13 amide bonds. The van der Waals surface area contributed by atoms with E-state index in [1.54, 1.807) is 123 Å². The molecule has 0 aliphatic carbocycles. The first kappa shape index (κ1) is 69.4. The van der Waals surface area contributed by atoms with E-state index in [1.807, 2.05) is 34.7 Å². The first-order valence-corrected chi connectivity index (χ1v) is 32.4. The van der Waals surface area contributed by atoms with Crippen LogP contribution in [0.3, 0.4) is 0 Å².